The predicted octanol–water partition coefficient (Wildman–Crippen LogP) is 2.42. The van der Waals surface area contributed by atoms with Crippen LogP contribution < -0.4 is 11.1 Å². The lowest BCUT2D eigenvalue weighted by molar-refractivity contribution is -0.116. The van der Waals surface area contributed by atoms with Crippen LogP contribution in [0.1, 0.15) is 33.6 Å². The van der Waals surface area contributed by atoms with Gasteiger partial charge in [-0.15, -0.1) is 22.9 Å². The fourth-order valence-corrected chi connectivity index (χ4v) is 2.64. The molecule has 3 N–H and O–H groups in total. The molecule has 0 unspecified atom stereocenters. The van der Waals surface area contributed by atoms with Gasteiger partial charge >= 0.3 is 0 Å². The van der Waals surface area contributed by atoms with E-state index in [9.17, 15) is 9.59 Å². The average Bonchev–Trinajstić information content (AvgIpc) is 2.51. The van der Waals surface area contributed by atoms with E-state index in [4.69, 9.17) is 17.3 Å². The molecule has 1 heterocycles. The first-order valence-electron chi connectivity index (χ1n) is 5.23. The second-order valence-corrected chi connectivity index (χ2v) is 5.30. The summed E-state index contributed by atoms with van der Waals surface area (Å²) in [5.74, 6) is -0.215. The zero-order valence-electron chi connectivity index (χ0n) is 9.80. The number of anilines is 1. The summed E-state index contributed by atoms with van der Waals surface area (Å²) in [4.78, 5) is 23.8. The molecule has 0 aliphatic carbocycles. The van der Waals surface area contributed by atoms with Gasteiger partial charge in [-0.3, -0.25) is 9.59 Å². The highest BCUT2D eigenvalue weighted by Crippen LogP contribution is 2.32. The van der Waals surface area contributed by atoms with E-state index in [-0.39, 0.29) is 5.91 Å². The largest absolute Gasteiger partial charge is 0.365 e. The predicted molar refractivity (Wildman–Crippen MR) is 70.9 cm³/mol. The normalized spacial score (nSPS) is 10.3. The number of alkyl halides is 1. The quantitative estimate of drug-likeness (QED) is 0.810. The molecule has 2 amide bonds. The lowest BCUT2D eigenvalue weighted by Gasteiger charge is -2.04. The molecule has 6 heteroatoms. The van der Waals surface area contributed by atoms with Gasteiger partial charge in [-0.2, -0.15) is 0 Å². The number of amides is 2. The fraction of sp³-hybridized carbons (Fsp3) is 0.455. The molecule has 17 heavy (non-hydrogen) atoms. The number of carbonyl (C=O) groups is 2. The zero-order chi connectivity index (χ0) is 13.0. The minimum Gasteiger partial charge on any atom is -0.365 e. The first-order valence-corrected chi connectivity index (χ1v) is 6.58. The van der Waals surface area contributed by atoms with Gasteiger partial charge in [0.25, 0.3) is 5.91 Å². The molecule has 0 bridgehead atoms. The highest BCUT2D eigenvalue weighted by atomic mass is 35.5. The van der Waals surface area contributed by atoms with Gasteiger partial charge in [0.15, 0.2) is 0 Å². The van der Waals surface area contributed by atoms with Crippen LogP contribution in [0.2, 0.25) is 0 Å². The summed E-state index contributed by atoms with van der Waals surface area (Å²) in [5, 5.41) is 3.24. The van der Waals surface area contributed by atoms with Crippen LogP contribution in [0.5, 0.6) is 0 Å². The van der Waals surface area contributed by atoms with E-state index in [2.05, 4.69) is 5.32 Å². The molecule has 94 valence electrons. The number of aryl methyl sites for hydroxylation is 1. The molecule has 0 atom stereocenters. The summed E-state index contributed by atoms with van der Waals surface area (Å²) in [6.45, 7) is 3.71. The summed E-state index contributed by atoms with van der Waals surface area (Å²) in [6, 6.07) is 0. The van der Waals surface area contributed by atoms with Gasteiger partial charge in [-0.1, -0.05) is 0 Å². The van der Waals surface area contributed by atoms with E-state index in [1.807, 2.05) is 13.8 Å². The van der Waals surface area contributed by atoms with Crippen molar-refractivity contribution < 1.29 is 9.59 Å². The van der Waals surface area contributed by atoms with Crippen molar-refractivity contribution >= 4 is 39.8 Å². The molecule has 1 aromatic rings. The first-order chi connectivity index (χ1) is 7.97. The number of hydrogen-bond donors (Lipinski definition) is 2. The Morgan fingerprint density at radius 3 is 2.59 bits per heavy atom. The van der Waals surface area contributed by atoms with Gasteiger partial charge in [-0.25, -0.2) is 0 Å². The van der Waals surface area contributed by atoms with E-state index < -0.39 is 5.91 Å². The minimum atomic E-state index is -0.514. The number of thiophene rings is 1. The summed E-state index contributed by atoms with van der Waals surface area (Å²) in [6.07, 6.45) is 0.959. The minimum absolute atomic E-state index is 0.144. The second-order valence-electron chi connectivity index (χ2n) is 3.69. The van der Waals surface area contributed by atoms with E-state index in [1.165, 1.54) is 11.3 Å². The molecule has 4 nitrogen and oxygen atoms in total. The maximum Gasteiger partial charge on any atom is 0.251 e. The van der Waals surface area contributed by atoms with Gasteiger partial charge in [-0.05, 0) is 25.8 Å². The van der Waals surface area contributed by atoms with E-state index in [1.54, 1.807) is 0 Å². The first kappa shape index (κ1) is 14.0. The molecule has 1 rings (SSSR count). The van der Waals surface area contributed by atoms with Crippen molar-refractivity contribution in [3.63, 3.8) is 0 Å². The third-order valence-electron chi connectivity index (χ3n) is 2.42. The maximum absolute atomic E-state index is 11.6. The number of rotatable bonds is 5. The summed E-state index contributed by atoms with van der Waals surface area (Å²) in [7, 11) is 0. The Kier molecular flexibility index (Phi) is 4.96. The zero-order valence-corrected chi connectivity index (χ0v) is 11.4. The molecule has 0 spiro atoms. The van der Waals surface area contributed by atoms with Crippen molar-refractivity contribution in [2.75, 3.05) is 11.2 Å². The smallest absolute Gasteiger partial charge is 0.251 e. The SMILES string of the molecule is Cc1sc(NC(=O)CCCCl)c(C(N)=O)c1C. The van der Waals surface area contributed by atoms with Crippen LogP contribution in [0, 0.1) is 13.8 Å². The molecule has 0 fully saturated rings. The van der Waals surface area contributed by atoms with Gasteiger partial charge in [0.2, 0.25) is 5.91 Å². The number of nitrogens with one attached hydrogen (secondary N) is 1. The fourth-order valence-electron chi connectivity index (χ4n) is 1.43. The van der Waals surface area contributed by atoms with Gasteiger partial charge < -0.3 is 11.1 Å². The van der Waals surface area contributed by atoms with Crippen molar-refractivity contribution in [3.05, 3.63) is 16.0 Å². The van der Waals surface area contributed by atoms with Gasteiger partial charge in [0.1, 0.15) is 5.00 Å². The molecular weight excluding hydrogens is 260 g/mol. The highest BCUT2D eigenvalue weighted by molar-refractivity contribution is 7.16. The number of hydrogen-bond acceptors (Lipinski definition) is 3. The summed E-state index contributed by atoms with van der Waals surface area (Å²) < 4.78 is 0. The third-order valence-corrected chi connectivity index (χ3v) is 3.81. The lowest BCUT2D eigenvalue weighted by Crippen LogP contribution is -2.17. The number of primary amides is 1. The molecular formula is C11H15ClN2O2S. The van der Waals surface area contributed by atoms with Crippen molar-refractivity contribution in [2.24, 2.45) is 5.73 Å². The van der Waals surface area contributed by atoms with Crippen LogP contribution >= 0.6 is 22.9 Å². The maximum atomic E-state index is 11.6. The van der Waals surface area contributed by atoms with Crippen LogP contribution in [-0.4, -0.2) is 17.7 Å². The Morgan fingerprint density at radius 2 is 2.06 bits per heavy atom. The summed E-state index contributed by atoms with van der Waals surface area (Å²) in [5.41, 5.74) is 6.54. The highest BCUT2D eigenvalue weighted by Gasteiger charge is 2.18. The molecule has 0 saturated heterocycles. The molecule has 0 aliphatic rings. The standard InChI is InChI=1S/C11H15ClN2O2S/c1-6-7(2)17-11(9(6)10(13)16)14-8(15)4-3-5-12/h3-5H2,1-2H3,(H2,13,16)(H,14,15). The molecule has 0 aromatic carbocycles. The van der Waals surface area contributed by atoms with Crippen LogP contribution in [-0.2, 0) is 4.79 Å². The molecule has 0 saturated carbocycles. The molecule has 0 radical (unpaired) electrons. The monoisotopic (exact) mass is 274 g/mol. The van der Waals surface area contributed by atoms with Gasteiger partial charge in [0, 0.05) is 17.2 Å². The van der Waals surface area contributed by atoms with Crippen LogP contribution in [0.3, 0.4) is 0 Å². The Labute approximate surface area is 109 Å². The van der Waals surface area contributed by atoms with Crippen molar-refractivity contribution in [1.82, 2.24) is 0 Å². The Balaban J connectivity index is 2.87. The average molecular weight is 275 g/mol. The second kappa shape index (κ2) is 6.02. The summed E-state index contributed by atoms with van der Waals surface area (Å²) >= 11 is 6.87. The number of halogens is 1. The lowest BCUT2D eigenvalue weighted by atomic mass is 10.1. The van der Waals surface area contributed by atoms with Crippen molar-refractivity contribution in [1.29, 1.82) is 0 Å². The Bertz CT molecular complexity index is 443. The van der Waals surface area contributed by atoms with E-state index in [0.717, 1.165) is 10.4 Å². The number of carbonyl (C=O) groups excluding carboxylic acids is 2. The van der Waals surface area contributed by atoms with Crippen molar-refractivity contribution in [2.45, 2.75) is 26.7 Å². The topological polar surface area (TPSA) is 72.2 Å². The number of nitrogens with two attached hydrogens (primary N) is 1. The van der Waals surface area contributed by atoms with Gasteiger partial charge in [0.05, 0.1) is 5.56 Å². The molecule has 1 aromatic heterocycles. The van der Waals surface area contributed by atoms with Crippen molar-refractivity contribution in [3.8, 4) is 0 Å². The van der Waals surface area contributed by atoms with E-state index in [0.29, 0.717) is 29.3 Å². The third kappa shape index (κ3) is 3.44. The Hall–Kier alpha value is -1.07. The Morgan fingerprint density at radius 1 is 1.41 bits per heavy atom. The van der Waals surface area contributed by atoms with E-state index >= 15 is 0 Å². The van der Waals surface area contributed by atoms with Crippen LogP contribution in [0.15, 0.2) is 0 Å². The van der Waals surface area contributed by atoms with Crippen LogP contribution in [0.4, 0.5) is 5.00 Å². The molecule has 0 aliphatic heterocycles. The van der Waals surface area contributed by atoms with Crippen LogP contribution in [0.25, 0.3) is 0 Å².